The Bertz CT molecular complexity index is 1260. The van der Waals surface area contributed by atoms with Crippen LogP contribution in [0.2, 0.25) is 0 Å². The fourth-order valence-corrected chi connectivity index (χ4v) is 5.13. The molecule has 1 unspecified atom stereocenters. The molecule has 1 N–H and O–H groups in total. The van der Waals surface area contributed by atoms with E-state index < -0.39 is 17.7 Å². The fraction of sp³-hybridized carbons (Fsp3) is 0.467. The summed E-state index contributed by atoms with van der Waals surface area (Å²) in [6, 6.07) is 7.73. The van der Waals surface area contributed by atoms with Gasteiger partial charge >= 0.3 is 0 Å². The van der Waals surface area contributed by atoms with Crippen molar-refractivity contribution in [3.05, 3.63) is 52.6 Å². The van der Waals surface area contributed by atoms with Crippen molar-refractivity contribution in [2.45, 2.75) is 32.9 Å². The second-order valence-corrected chi connectivity index (χ2v) is 10.1. The van der Waals surface area contributed by atoms with Crippen LogP contribution in [0.5, 0.6) is 23.0 Å². The number of carbonyl (C=O) groups excluding carboxylic acids is 2. The number of likely N-dealkylation sites (tertiary alicyclic amines) is 1. The summed E-state index contributed by atoms with van der Waals surface area (Å²) >= 11 is 0. The number of nitrogens with zero attached hydrogens (tertiary/aromatic N) is 2. The third-order valence-corrected chi connectivity index (χ3v) is 7.11. The molecule has 2 aromatic carbocycles. The van der Waals surface area contributed by atoms with Crippen LogP contribution in [0.25, 0.3) is 5.76 Å². The Hall–Kier alpha value is -3.76. The number of carbonyl (C=O) groups is 2. The quantitative estimate of drug-likeness (QED) is 0.268. The van der Waals surface area contributed by atoms with E-state index >= 15 is 0 Å². The smallest absolute Gasteiger partial charge is 0.295 e. The van der Waals surface area contributed by atoms with Crippen molar-refractivity contribution in [2.75, 3.05) is 60.7 Å². The van der Waals surface area contributed by atoms with Gasteiger partial charge in [-0.05, 0) is 62.2 Å². The van der Waals surface area contributed by atoms with Crippen molar-refractivity contribution < 1.29 is 38.4 Å². The van der Waals surface area contributed by atoms with E-state index in [0.29, 0.717) is 53.9 Å². The van der Waals surface area contributed by atoms with Crippen molar-refractivity contribution in [3.8, 4) is 23.0 Å². The van der Waals surface area contributed by atoms with Crippen LogP contribution < -0.4 is 18.9 Å². The Kier molecular flexibility index (Phi) is 9.21. The van der Waals surface area contributed by atoms with Crippen LogP contribution in [0.15, 0.2) is 35.9 Å². The molecule has 2 saturated heterocycles. The topological polar surface area (TPSA) is 107 Å². The van der Waals surface area contributed by atoms with E-state index in [9.17, 15) is 14.7 Å². The molecule has 10 nitrogen and oxygen atoms in total. The highest BCUT2D eigenvalue weighted by Gasteiger charge is 2.46. The van der Waals surface area contributed by atoms with Crippen LogP contribution in [-0.4, -0.2) is 93.4 Å². The van der Waals surface area contributed by atoms with Gasteiger partial charge in [0.15, 0.2) is 11.5 Å². The number of rotatable bonds is 10. The van der Waals surface area contributed by atoms with Crippen molar-refractivity contribution >= 4 is 17.4 Å². The van der Waals surface area contributed by atoms with Crippen LogP contribution in [0.4, 0.5) is 0 Å². The number of amides is 1. The molecule has 0 saturated carbocycles. The second-order valence-electron chi connectivity index (χ2n) is 10.1. The lowest BCUT2D eigenvalue weighted by Gasteiger charge is -2.31. The van der Waals surface area contributed by atoms with E-state index in [1.807, 2.05) is 20.8 Å². The average Bonchev–Trinajstić information content (AvgIpc) is 3.21. The normalized spacial score (nSPS) is 19.3. The number of morpholine rings is 1. The summed E-state index contributed by atoms with van der Waals surface area (Å²) in [5, 5.41) is 11.6. The van der Waals surface area contributed by atoms with Gasteiger partial charge in [-0.2, -0.15) is 0 Å². The highest BCUT2D eigenvalue weighted by atomic mass is 16.5. The number of benzene rings is 2. The van der Waals surface area contributed by atoms with Crippen molar-refractivity contribution in [3.63, 3.8) is 0 Å². The molecule has 1 amide bonds. The Morgan fingerprint density at radius 3 is 2.17 bits per heavy atom. The summed E-state index contributed by atoms with van der Waals surface area (Å²) in [4.78, 5) is 30.7. The average molecular weight is 555 g/mol. The minimum atomic E-state index is -0.873. The summed E-state index contributed by atoms with van der Waals surface area (Å²) in [5.41, 5.74) is 1.76. The molecule has 10 heteroatoms. The third-order valence-electron chi connectivity index (χ3n) is 7.11. The molecule has 2 aromatic rings. The summed E-state index contributed by atoms with van der Waals surface area (Å²) in [6.07, 6.45) is -0.0185. The molecule has 2 heterocycles. The molecule has 0 spiro atoms. The number of ether oxygens (including phenoxy) is 5. The number of methoxy groups -OCH3 is 3. The lowest BCUT2D eigenvalue weighted by molar-refractivity contribution is -0.140. The first-order valence-corrected chi connectivity index (χ1v) is 13.4. The molecule has 0 aromatic heterocycles. The Labute approximate surface area is 235 Å². The van der Waals surface area contributed by atoms with Gasteiger partial charge in [0.2, 0.25) is 5.75 Å². The van der Waals surface area contributed by atoms with E-state index in [1.165, 1.54) is 26.2 Å². The van der Waals surface area contributed by atoms with Crippen LogP contribution in [0, 0.1) is 6.92 Å². The molecule has 1 atom stereocenters. The lowest BCUT2D eigenvalue weighted by Crippen LogP contribution is -2.42. The second kappa shape index (κ2) is 12.6. The van der Waals surface area contributed by atoms with E-state index in [4.69, 9.17) is 23.7 Å². The van der Waals surface area contributed by atoms with E-state index in [1.54, 1.807) is 30.3 Å². The number of aryl methyl sites for hydroxylation is 1. The molecule has 0 aliphatic carbocycles. The molecular formula is C30H38N2O8. The van der Waals surface area contributed by atoms with Gasteiger partial charge in [-0.1, -0.05) is 0 Å². The number of Topliss-reactive ketones (excluding diaryl/α,β-unsaturated/α-hetero) is 1. The first kappa shape index (κ1) is 29.2. The summed E-state index contributed by atoms with van der Waals surface area (Å²) < 4.78 is 27.9. The van der Waals surface area contributed by atoms with Crippen molar-refractivity contribution in [1.29, 1.82) is 0 Å². The van der Waals surface area contributed by atoms with E-state index in [0.717, 1.165) is 18.7 Å². The van der Waals surface area contributed by atoms with Gasteiger partial charge in [0.05, 0.1) is 52.3 Å². The zero-order valence-electron chi connectivity index (χ0n) is 24.0. The summed E-state index contributed by atoms with van der Waals surface area (Å²) in [6.45, 7) is 9.28. The van der Waals surface area contributed by atoms with Crippen molar-refractivity contribution in [1.82, 2.24) is 9.80 Å². The van der Waals surface area contributed by atoms with E-state index in [2.05, 4.69) is 4.90 Å². The number of hydrogen-bond donors (Lipinski definition) is 1. The van der Waals surface area contributed by atoms with Crippen LogP contribution in [0.1, 0.15) is 36.6 Å². The Balaban J connectivity index is 1.83. The maximum absolute atomic E-state index is 13.5. The fourth-order valence-electron chi connectivity index (χ4n) is 5.13. The summed E-state index contributed by atoms with van der Waals surface area (Å²) in [5.74, 6) is 0.131. The molecule has 40 heavy (non-hydrogen) atoms. The highest BCUT2D eigenvalue weighted by Crippen LogP contribution is 2.45. The zero-order valence-corrected chi connectivity index (χ0v) is 24.0. The largest absolute Gasteiger partial charge is 0.507 e. The standard InChI is InChI=1S/C30H38N2O8/c1-18(2)40-22-8-7-20(15-19(22)3)27(33)25-26(21-16-23(36-4)29(38-6)24(17-21)37-5)32(30(35)28(25)34)10-9-31-11-13-39-14-12-31/h7-8,15-18,26,33H,9-14H2,1-6H3/b27-25-. The number of hydrogen-bond acceptors (Lipinski definition) is 9. The molecule has 2 aliphatic heterocycles. The highest BCUT2D eigenvalue weighted by molar-refractivity contribution is 6.46. The zero-order chi connectivity index (χ0) is 29.0. The molecule has 0 radical (unpaired) electrons. The SMILES string of the molecule is COc1cc(C2/C(=C(/O)c3ccc(OC(C)C)c(C)c3)C(=O)C(=O)N2CCN2CCOCC2)cc(OC)c1OC. The molecule has 4 rings (SSSR count). The Morgan fingerprint density at radius 2 is 1.62 bits per heavy atom. The van der Waals surface area contributed by atoms with Crippen LogP contribution in [-0.2, 0) is 14.3 Å². The van der Waals surface area contributed by atoms with Gasteiger partial charge in [0.25, 0.3) is 11.7 Å². The first-order chi connectivity index (χ1) is 19.2. The number of aliphatic hydroxyl groups excluding tert-OH is 1. The van der Waals surface area contributed by atoms with Gasteiger partial charge in [-0.25, -0.2) is 0 Å². The van der Waals surface area contributed by atoms with Crippen LogP contribution in [0.3, 0.4) is 0 Å². The molecule has 0 bridgehead atoms. The predicted molar refractivity (Wildman–Crippen MR) is 149 cm³/mol. The molecule has 2 fully saturated rings. The lowest BCUT2D eigenvalue weighted by atomic mass is 9.94. The molecule has 2 aliphatic rings. The summed E-state index contributed by atoms with van der Waals surface area (Å²) in [7, 11) is 4.50. The third kappa shape index (κ3) is 5.88. The minimum Gasteiger partial charge on any atom is -0.507 e. The van der Waals surface area contributed by atoms with E-state index in [-0.39, 0.29) is 24.0 Å². The minimum absolute atomic E-state index is 0.00169. The predicted octanol–water partition coefficient (Wildman–Crippen LogP) is 3.56. The number of aliphatic hydroxyl groups is 1. The van der Waals surface area contributed by atoms with Gasteiger partial charge in [0, 0.05) is 31.7 Å². The van der Waals surface area contributed by atoms with Gasteiger partial charge in [-0.3, -0.25) is 14.5 Å². The van der Waals surface area contributed by atoms with Gasteiger partial charge in [-0.15, -0.1) is 0 Å². The molecular weight excluding hydrogens is 516 g/mol. The first-order valence-electron chi connectivity index (χ1n) is 13.4. The Morgan fingerprint density at radius 1 is 0.975 bits per heavy atom. The maximum atomic E-state index is 13.5. The van der Waals surface area contributed by atoms with Crippen molar-refractivity contribution in [2.24, 2.45) is 0 Å². The van der Waals surface area contributed by atoms with Gasteiger partial charge in [0.1, 0.15) is 11.5 Å². The van der Waals surface area contributed by atoms with Crippen LogP contribution >= 0.6 is 0 Å². The monoisotopic (exact) mass is 554 g/mol. The molecule has 216 valence electrons. The number of ketones is 1. The van der Waals surface area contributed by atoms with Gasteiger partial charge < -0.3 is 33.7 Å². The maximum Gasteiger partial charge on any atom is 0.295 e.